The molecule has 1 radical (unpaired) electrons. The van der Waals surface area contributed by atoms with E-state index in [0.717, 1.165) is 6.92 Å². The normalized spacial score (nSPS) is 7.57. The minimum Gasteiger partial charge on any atom is -0.350 e. The lowest BCUT2D eigenvalue weighted by molar-refractivity contribution is -0.118. The lowest BCUT2D eigenvalue weighted by atomic mass is 10.7. The van der Waals surface area contributed by atoms with Crippen molar-refractivity contribution in [3.05, 3.63) is 0 Å². The molecule has 0 heterocycles. The van der Waals surface area contributed by atoms with E-state index in [1.165, 1.54) is 0 Å². The SMILES string of the molecule is CC(=O)[N]C(N)=O. The van der Waals surface area contributed by atoms with E-state index in [1.54, 1.807) is 0 Å². The van der Waals surface area contributed by atoms with E-state index >= 15 is 0 Å². The van der Waals surface area contributed by atoms with Crippen LogP contribution in [0.5, 0.6) is 0 Å². The molecule has 3 amide bonds. The summed E-state index contributed by atoms with van der Waals surface area (Å²) in [5.74, 6) is -0.562. The zero-order chi connectivity index (χ0) is 5.86. The van der Waals surface area contributed by atoms with E-state index in [2.05, 4.69) is 11.1 Å². The molecule has 0 rings (SSSR count). The van der Waals surface area contributed by atoms with Crippen molar-refractivity contribution >= 4 is 11.9 Å². The van der Waals surface area contributed by atoms with Gasteiger partial charge in [0.15, 0.2) is 0 Å². The molecule has 39 valence electrons. The van der Waals surface area contributed by atoms with E-state index < -0.39 is 11.9 Å². The van der Waals surface area contributed by atoms with Gasteiger partial charge in [-0.25, -0.2) is 4.79 Å². The Balaban J connectivity index is 3.32. The van der Waals surface area contributed by atoms with Gasteiger partial charge in [0, 0.05) is 6.92 Å². The molecule has 2 N–H and O–H groups in total. The maximum absolute atomic E-state index is 9.79. The number of carbonyl (C=O) groups excluding carboxylic acids is 2. The van der Waals surface area contributed by atoms with Gasteiger partial charge in [0.2, 0.25) is 5.91 Å². The summed E-state index contributed by atoms with van der Waals surface area (Å²) in [6, 6.07) is -0.937. The molecular weight excluding hydrogens is 96.0 g/mol. The molecule has 0 aromatic rings. The monoisotopic (exact) mass is 101 g/mol. The lowest BCUT2D eigenvalue weighted by Crippen LogP contribution is -2.25. The summed E-state index contributed by atoms with van der Waals surface area (Å²) in [5.41, 5.74) is 4.47. The molecule has 4 heteroatoms. The first kappa shape index (κ1) is 5.94. The highest BCUT2D eigenvalue weighted by Gasteiger charge is 1.95. The highest BCUT2D eigenvalue weighted by molar-refractivity contribution is 5.91. The van der Waals surface area contributed by atoms with Gasteiger partial charge in [-0.1, -0.05) is 0 Å². The van der Waals surface area contributed by atoms with Crippen molar-refractivity contribution < 1.29 is 9.59 Å². The summed E-state index contributed by atoms with van der Waals surface area (Å²) in [6.07, 6.45) is 0. The van der Waals surface area contributed by atoms with Crippen LogP contribution in [-0.4, -0.2) is 11.9 Å². The summed E-state index contributed by atoms with van der Waals surface area (Å²) in [6.45, 7) is 1.16. The first-order chi connectivity index (χ1) is 3.13. The second-order valence-corrected chi connectivity index (χ2v) is 0.969. The van der Waals surface area contributed by atoms with Crippen LogP contribution in [0.1, 0.15) is 6.92 Å². The zero-order valence-electron chi connectivity index (χ0n) is 3.84. The Morgan fingerprint density at radius 3 is 2.00 bits per heavy atom. The van der Waals surface area contributed by atoms with Crippen molar-refractivity contribution in [3.8, 4) is 0 Å². The molecule has 0 aliphatic carbocycles. The largest absolute Gasteiger partial charge is 0.350 e. The van der Waals surface area contributed by atoms with Crippen molar-refractivity contribution in [1.82, 2.24) is 5.32 Å². The predicted octanol–water partition coefficient (Wildman–Crippen LogP) is -0.784. The first-order valence-corrected chi connectivity index (χ1v) is 1.64. The molecule has 0 aromatic carbocycles. The average Bonchev–Trinajstić information content (AvgIpc) is 1.27. The fraction of sp³-hybridized carbons (Fsp3) is 0.333. The standard InChI is InChI=1S/C3H5N2O2/c1-2(6)5-3(4)7/h1H3,(H2,4,7). The van der Waals surface area contributed by atoms with Gasteiger partial charge in [0.1, 0.15) is 0 Å². The van der Waals surface area contributed by atoms with Crippen LogP contribution in [0.4, 0.5) is 4.79 Å². The van der Waals surface area contributed by atoms with E-state index in [0.29, 0.717) is 0 Å². The Morgan fingerprint density at radius 1 is 1.57 bits per heavy atom. The Hall–Kier alpha value is -1.06. The fourth-order valence-corrected chi connectivity index (χ4v) is 0.155. The Labute approximate surface area is 40.7 Å². The molecule has 0 aliphatic rings. The number of nitrogens with zero attached hydrogens (tertiary/aromatic N) is 1. The molecule has 0 aromatic heterocycles. The first-order valence-electron chi connectivity index (χ1n) is 1.64. The Bertz CT molecular complexity index is 87.1. The number of primary amides is 1. The molecular formula is C3H5N2O2. The van der Waals surface area contributed by atoms with Gasteiger partial charge >= 0.3 is 6.03 Å². The van der Waals surface area contributed by atoms with Crippen LogP contribution in [0.2, 0.25) is 0 Å². The van der Waals surface area contributed by atoms with Gasteiger partial charge in [0.25, 0.3) is 0 Å². The molecule has 0 saturated carbocycles. The number of carbonyl (C=O) groups is 2. The van der Waals surface area contributed by atoms with E-state index in [1.807, 2.05) is 0 Å². The quantitative estimate of drug-likeness (QED) is 0.434. The number of amides is 3. The van der Waals surface area contributed by atoms with E-state index in [-0.39, 0.29) is 0 Å². The summed E-state index contributed by atoms with van der Waals surface area (Å²) >= 11 is 0. The van der Waals surface area contributed by atoms with Crippen molar-refractivity contribution in [2.45, 2.75) is 6.92 Å². The zero-order valence-corrected chi connectivity index (χ0v) is 3.84. The number of hydrogen-bond acceptors (Lipinski definition) is 2. The molecule has 0 fully saturated rings. The van der Waals surface area contributed by atoms with Crippen molar-refractivity contribution in [3.63, 3.8) is 0 Å². The summed E-state index contributed by atoms with van der Waals surface area (Å²) in [4.78, 5) is 19.4. The molecule has 0 unspecified atom stereocenters. The number of hydrogen-bond donors (Lipinski definition) is 1. The maximum Gasteiger partial charge on any atom is 0.341 e. The fourth-order valence-electron chi connectivity index (χ4n) is 0.155. The van der Waals surface area contributed by atoms with Crippen LogP contribution < -0.4 is 11.1 Å². The molecule has 0 spiro atoms. The second-order valence-electron chi connectivity index (χ2n) is 0.969. The summed E-state index contributed by atoms with van der Waals surface area (Å²) in [7, 11) is 0. The number of urea groups is 1. The third-order valence-electron chi connectivity index (χ3n) is 0.268. The van der Waals surface area contributed by atoms with Gasteiger partial charge in [-0.15, -0.1) is 0 Å². The predicted molar refractivity (Wildman–Crippen MR) is 22.4 cm³/mol. The van der Waals surface area contributed by atoms with Gasteiger partial charge in [-0.2, -0.15) is 5.32 Å². The number of imide groups is 1. The van der Waals surface area contributed by atoms with Gasteiger partial charge in [-0.05, 0) is 0 Å². The topological polar surface area (TPSA) is 74.3 Å². The third-order valence-corrected chi connectivity index (χ3v) is 0.268. The number of nitrogens with two attached hydrogens (primary N) is 1. The van der Waals surface area contributed by atoms with E-state index in [9.17, 15) is 9.59 Å². The van der Waals surface area contributed by atoms with Gasteiger partial charge < -0.3 is 5.73 Å². The van der Waals surface area contributed by atoms with Crippen LogP contribution in [0.25, 0.3) is 0 Å². The minimum atomic E-state index is -0.937. The lowest BCUT2D eigenvalue weighted by Gasteiger charge is -1.83. The van der Waals surface area contributed by atoms with Crippen molar-refractivity contribution in [2.24, 2.45) is 5.73 Å². The minimum absolute atomic E-state index is 0.562. The van der Waals surface area contributed by atoms with Crippen LogP contribution in [0.15, 0.2) is 0 Å². The van der Waals surface area contributed by atoms with Crippen molar-refractivity contribution in [2.75, 3.05) is 0 Å². The second kappa shape index (κ2) is 2.17. The van der Waals surface area contributed by atoms with Crippen molar-refractivity contribution in [1.29, 1.82) is 0 Å². The smallest absolute Gasteiger partial charge is 0.341 e. The summed E-state index contributed by atoms with van der Waals surface area (Å²) in [5, 5.41) is 2.78. The molecule has 7 heavy (non-hydrogen) atoms. The maximum atomic E-state index is 9.79. The highest BCUT2D eigenvalue weighted by atomic mass is 16.2. The Morgan fingerprint density at radius 2 is 2.00 bits per heavy atom. The number of rotatable bonds is 0. The molecule has 0 atom stereocenters. The van der Waals surface area contributed by atoms with E-state index in [4.69, 9.17) is 0 Å². The van der Waals surface area contributed by atoms with Gasteiger partial charge in [0.05, 0.1) is 0 Å². The van der Waals surface area contributed by atoms with Crippen LogP contribution in [-0.2, 0) is 4.79 Å². The summed E-state index contributed by atoms with van der Waals surface area (Å²) < 4.78 is 0. The average molecular weight is 101 g/mol. The third kappa shape index (κ3) is 4.94. The molecule has 0 bridgehead atoms. The van der Waals surface area contributed by atoms with Crippen LogP contribution in [0, 0.1) is 0 Å². The van der Waals surface area contributed by atoms with Crippen LogP contribution in [0.3, 0.4) is 0 Å². The van der Waals surface area contributed by atoms with Gasteiger partial charge in [-0.3, -0.25) is 4.79 Å². The highest BCUT2D eigenvalue weighted by Crippen LogP contribution is 1.60. The Kier molecular flexibility index (Phi) is 1.84. The molecule has 0 aliphatic heterocycles. The molecule has 0 saturated heterocycles. The molecule has 4 nitrogen and oxygen atoms in total. The van der Waals surface area contributed by atoms with Crippen LogP contribution >= 0.6 is 0 Å².